The quantitative estimate of drug-likeness (QED) is 0.231. The maximum Gasteiger partial charge on any atom is 0.345 e. The minimum absolute atomic E-state index is 0.0168. The van der Waals surface area contributed by atoms with Gasteiger partial charge in [0.15, 0.2) is 5.75 Å². The second kappa shape index (κ2) is 8.90. The van der Waals surface area contributed by atoms with Crippen molar-refractivity contribution in [1.29, 1.82) is 0 Å². The van der Waals surface area contributed by atoms with E-state index in [2.05, 4.69) is 9.47 Å². The summed E-state index contributed by atoms with van der Waals surface area (Å²) in [5.74, 6) is -1.87. The highest BCUT2D eigenvalue weighted by molar-refractivity contribution is 7.87. The maximum absolute atomic E-state index is 12.4. The van der Waals surface area contributed by atoms with Gasteiger partial charge in [-0.2, -0.15) is 8.42 Å². The molecule has 0 aromatic heterocycles. The van der Waals surface area contributed by atoms with Crippen LogP contribution >= 0.6 is 11.6 Å². The minimum atomic E-state index is -4.07. The monoisotopic (exact) mass is 424 g/mol. The number of methoxy groups -OCH3 is 2. The number of rotatable bonds is 6. The molecule has 0 N–H and O–H groups in total. The third-order valence-electron chi connectivity index (χ3n) is 3.59. The molecule has 0 fully saturated rings. The molecule has 2 rings (SSSR count). The van der Waals surface area contributed by atoms with Crippen molar-refractivity contribution in [2.75, 3.05) is 14.2 Å². The van der Waals surface area contributed by atoms with Gasteiger partial charge in [-0.3, -0.25) is 0 Å². The fourth-order valence-electron chi connectivity index (χ4n) is 2.13. The van der Waals surface area contributed by atoms with Crippen LogP contribution in [0.5, 0.6) is 5.75 Å². The fourth-order valence-corrected chi connectivity index (χ4v) is 3.35. The zero-order chi connectivity index (χ0) is 20.9. The molecule has 9 heteroatoms. The third kappa shape index (κ3) is 5.11. The summed E-state index contributed by atoms with van der Waals surface area (Å²) in [5, 5.41) is -0.0291. The van der Waals surface area contributed by atoms with E-state index < -0.39 is 22.1 Å². The summed E-state index contributed by atoms with van der Waals surface area (Å²) in [4.78, 5) is 23.4. The van der Waals surface area contributed by atoms with Crippen LogP contribution in [-0.4, -0.2) is 34.6 Å². The van der Waals surface area contributed by atoms with Crippen LogP contribution in [0.1, 0.15) is 11.1 Å². The molecule has 0 radical (unpaired) electrons. The average Bonchev–Trinajstić information content (AvgIpc) is 2.67. The summed E-state index contributed by atoms with van der Waals surface area (Å²) in [6, 6.07) is 10.2. The first-order valence-corrected chi connectivity index (χ1v) is 9.65. The zero-order valence-electron chi connectivity index (χ0n) is 15.3. The number of hydrogen-bond acceptors (Lipinski definition) is 7. The van der Waals surface area contributed by atoms with Crippen molar-refractivity contribution in [3.8, 4) is 5.75 Å². The average molecular weight is 425 g/mol. The molecule has 0 spiro atoms. The topological polar surface area (TPSA) is 96.0 Å². The van der Waals surface area contributed by atoms with Crippen LogP contribution in [0.15, 0.2) is 52.9 Å². The van der Waals surface area contributed by atoms with E-state index in [1.165, 1.54) is 36.4 Å². The lowest BCUT2D eigenvalue weighted by Crippen LogP contribution is -2.15. The molecule has 0 aliphatic heterocycles. The second-order valence-electron chi connectivity index (χ2n) is 5.58. The Morgan fingerprint density at radius 1 is 0.964 bits per heavy atom. The Labute approximate surface area is 167 Å². The Kier molecular flexibility index (Phi) is 6.82. The van der Waals surface area contributed by atoms with Gasteiger partial charge in [0.2, 0.25) is 0 Å². The van der Waals surface area contributed by atoms with Crippen molar-refractivity contribution in [3.63, 3.8) is 0 Å². The molecule has 7 nitrogen and oxygen atoms in total. The number of hydrogen-bond donors (Lipinski definition) is 0. The van der Waals surface area contributed by atoms with Crippen molar-refractivity contribution in [2.45, 2.75) is 11.8 Å². The summed E-state index contributed by atoms with van der Waals surface area (Å²) in [5.41, 5.74) is 0.901. The van der Waals surface area contributed by atoms with Crippen LogP contribution in [0.4, 0.5) is 0 Å². The number of benzene rings is 2. The summed E-state index contributed by atoms with van der Waals surface area (Å²) < 4.78 is 38.9. The van der Waals surface area contributed by atoms with E-state index >= 15 is 0 Å². The van der Waals surface area contributed by atoms with Crippen molar-refractivity contribution in [2.24, 2.45) is 0 Å². The molecule has 0 bridgehead atoms. The molecule has 0 aliphatic rings. The number of esters is 2. The van der Waals surface area contributed by atoms with E-state index in [9.17, 15) is 18.0 Å². The number of carbonyl (C=O) groups excluding carboxylic acids is 2. The first-order chi connectivity index (χ1) is 13.2. The number of carbonyl (C=O) groups is 2. The summed E-state index contributed by atoms with van der Waals surface area (Å²) in [6.07, 6.45) is 1.21. The molecule has 0 amide bonds. The van der Waals surface area contributed by atoms with Crippen LogP contribution in [0.25, 0.3) is 6.08 Å². The van der Waals surface area contributed by atoms with Crippen molar-refractivity contribution in [3.05, 3.63) is 64.2 Å². The van der Waals surface area contributed by atoms with Crippen LogP contribution in [0.2, 0.25) is 5.02 Å². The normalized spacial score (nSPS) is 10.7. The maximum atomic E-state index is 12.4. The molecule has 0 unspecified atom stereocenters. The van der Waals surface area contributed by atoms with Gasteiger partial charge in [0.1, 0.15) is 10.5 Å². The summed E-state index contributed by atoms with van der Waals surface area (Å²) in [6.45, 7) is 1.83. The summed E-state index contributed by atoms with van der Waals surface area (Å²) in [7, 11) is -1.82. The van der Waals surface area contributed by atoms with Crippen molar-refractivity contribution >= 4 is 39.7 Å². The van der Waals surface area contributed by atoms with E-state index in [0.717, 1.165) is 19.8 Å². The predicted octanol–water partition coefficient (Wildman–Crippen LogP) is 3.15. The van der Waals surface area contributed by atoms with Gasteiger partial charge in [-0.05, 0) is 42.8 Å². The number of ether oxygens (including phenoxy) is 2. The molecular weight excluding hydrogens is 408 g/mol. The minimum Gasteiger partial charge on any atom is -0.465 e. The van der Waals surface area contributed by atoms with E-state index in [4.69, 9.17) is 15.8 Å². The largest absolute Gasteiger partial charge is 0.465 e. The number of aryl methyl sites for hydroxylation is 1. The molecule has 0 aliphatic carbocycles. The van der Waals surface area contributed by atoms with Gasteiger partial charge in [0, 0.05) is 0 Å². The highest BCUT2D eigenvalue weighted by Gasteiger charge is 2.21. The standard InChI is InChI=1S/C19H17ClO7S/c1-12-4-7-14(8-5-12)28(23,24)27-17-9-6-13(11-16(17)20)10-15(18(21)25-2)19(22)26-3/h4-11H,1-3H3. The van der Waals surface area contributed by atoms with Gasteiger partial charge >= 0.3 is 22.1 Å². The first kappa shape index (κ1) is 21.5. The molecular formula is C19H17ClO7S. The van der Waals surface area contributed by atoms with E-state index in [1.54, 1.807) is 12.1 Å². The van der Waals surface area contributed by atoms with Gasteiger partial charge in [0.25, 0.3) is 0 Å². The van der Waals surface area contributed by atoms with Crippen molar-refractivity contribution < 1.29 is 31.7 Å². The van der Waals surface area contributed by atoms with E-state index in [-0.39, 0.29) is 21.2 Å². The Morgan fingerprint density at radius 2 is 1.54 bits per heavy atom. The summed E-state index contributed by atoms with van der Waals surface area (Å²) >= 11 is 6.11. The third-order valence-corrected chi connectivity index (χ3v) is 5.13. The predicted molar refractivity (Wildman–Crippen MR) is 102 cm³/mol. The first-order valence-electron chi connectivity index (χ1n) is 7.87. The van der Waals surface area contributed by atoms with Crippen LogP contribution in [0.3, 0.4) is 0 Å². The van der Waals surface area contributed by atoms with Gasteiger partial charge < -0.3 is 13.7 Å². The van der Waals surface area contributed by atoms with E-state index in [0.29, 0.717) is 5.56 Å². The molecule has 148 valence electrons. The fraction of sp³-hybridized carbons (Fsp3) is 0.158. The van der Waals surface area contributed by atoms with Crippen LogP contribution in [0, 0.1) is 6.92 Å². The number of halogens is 1. The Morgan fingerprint density at radius 3 is 2.04 bits per heavy atom. The van der Waals surface area contributed by atoms with Gasteiger partial charge in [-0.25, -0.2) is 9.59 Å². The van der Waals surface area contributed by atoms with Crippen LogP contribution < -0.4 is 4.18 Å². The molecule has 2 aromatic rings. The lowest BCUT2D eigenvalue weighted by Gasteiger charge is -2.10. The molecule has 0 heterocycles. The molecule has 0 saturated carbocycles. The zero-order valence-corrected chi connectivity index (χ0v) is 16.8. The molecule has 0 saturated heterocycles. The Bertz CT molecular complexity index is 1010. The van der Waals surface area contributed by atoms with Crippen molar-refractivity contribution in [1.82, 2.24) is 0 Å². The van der Waals surface area contributed by atoms with Gasteiger partial charge in [-0.1, -0.05) is 35.4 Å². The lowest BCUT2D eigenvalue weighted by molar-refractivity contribution is -0.143. The lowest BCUT2D eigenvalue weighted by atomic mass is 10.1. The van der Waals surface area contributed by atoms with Crippen LogP contribution in [-0.2, 0) is 29.2 Å². The Balaban J connectivity index is 2.33. The second-order valence-corrected chi connectivity index (χ2v) is 7.54. The molecule has 2 aromatic carbocycles. The highest BCUT2D eigenvalue weighted by atomic mass is 35.5. The van der Waals surface area contributed by atoms with Gasteiger partial charge in [0.05, 0.1) is 19.2 Å². The van der Waals surface area contributed by atoms with E-state index in [1.807, 2.05) is 6.92 Å². The highest BCUT2D eigenvalue weighted by Crippen LogP contribution is 2.29. The molecule has 28 heavy (non-hydrogen) atoms. The molecule has 0 atom stereocenters. The smallest absolute Gasteiger partial charge is 0.345 e. The SMILES string of the molecule is COC(=O)C(=Cc1ccc(OS(=O)(=O)c2ccc(C)cc2)c(Cl)c1)C(=O)OC. The Hall–Kier alpha value is -2.84. The van der Waals surface area contributed by atoms with Gasteiger partial charge in [-0.15, -0.1) is 0 Å².